The van der Waals surface area contributed by atoms with Crippen LogP contribution in [0.5, 0.6) is 0 Å². The maximum Gasteiger partial charge on any atom is 0.178 e. The average molecular weight is 292 g/mol. The lowest BCUT2D eigenvalue weighted by molar-refractivity contribution is 0.0972. The summed E-state index contributed by atoms with van der Waals surface area (Å²) in [7, 11) is 0. The van der Waals surface area contributed by atoms with E-state index in [-0.39, 0.29) is 11.7 Å². The third kappa shape index (κ3) is 2.85. The number of thiophene rings is 1. The highest BCUT2D eigenvalue weighted by molar-refractivity contribution is 7.18. The molecule has 2 fully saturated rings. The summed E-state index contributed by atoms with van der Waals surface area (Å²) in [5, 5.41) is 1.20. The molecular weight excluding hydrogens is 268 g/mol. The molecule has 1 saturated heterocycles. The van der Waals surface area contributed by atoms with Gasteiger partial charge in [0.25, 0.3) is 0 Å². The summed E-state index contributed by atoms with van der Waals surface area (Å²) < 4.78 is 0. The molecule has 1 atom stereocenters. The van der Waals surface area contributed by atoms with Crippen molar-refractivity contribution in [1.82, 2.24) is 0 Å². The second-order valence-corrected chi connectivity index (χ2v) is 7.23. The van der Waals surface area contributed by atoms with Crippen molar-refractivity contribution in [2.45, 2.75) is 45.4 Å². The Hall–Kier alpha value is -1.03. The van der Waals surface area contributed by atoms with E-state index < -0.39 is 0 Å². The molecule has 4 heteroatoms. The monoisotopic (exact) mass is 292 g/mol. The number of hydrogen-bond acceptors (Lipinski definition) is 4. The molecule has 1 aliphatic heterocycles. The van der Waals surface area contributed by atoms with Crippen molar-refractivity contribution in [3.8, 4) is 0 Å². The minimum Gasteiger partial charge on any atom is -0.397 e. The van der Waals surface area contributed by atoms with E-state index in [0.29, 0.717) is 5.69 Å². The van der Waals surface area contributed by atoms with Gasteiger partial charge in [0.2, 0.25) is 0 Å². The lowest BCUT2D eigenvalue weighted by atomic mass is 9.98. The molecular formula is C16H24N2OS. The van der Waals surface area contributed by atoms with Crippen molar-refractivity contribution in [3.63, 3.8) is 0 Å². The summed E-state index contributed by atoms with van der Waals surface area (Å²) in [6.07, 6.45) is 7.23. The number of nitrogen functional groups attached to an aromatic ring is 1. The summed E-state index contributed by atoms with van der Waals surface area (Å²) in [5.74, 6) is 1.40. The molecule has 2 aliphatic rings. The van der Waals surface area contributed by atoms with E-state index >= 15 is 0 Å². The third-order valence-electron chi connectivity index (χ3n) is 4.66. The number of ketones is 1. The first kappa shape index (κ1) is 13.9. The van der Waals surface area contributed by atoms with Crippen molar-refractivity contribution < 1.29 is 4.79 Å². The first-order valence-corrected chi connectivity index (χ1v) is 8.69. The van der Waals surface area contributed by atoms with E-state index in [9.17, 15) is 4.79 Å². The zero-order valence-electron chi connectivity index (χ0n) is 12.2. The molecule has 0 bridgehead atoms. The lowest BCUT2D eigenvalue weighted by Gasteiger charge is -2.20. The quantitative estimate of drug-likeness (QED) is 0.855. The van der Waals surface area contributed by atoms with Gasteiger partial charge in [0.1, 0.15) is 0 Å². The first-order chi connectivity index (χ1) is 9.69. The number of Topliss-reactive ketones (excluding diaryl/α,β-unsaturated/α-hetero) is 1. The summed E-state index contributed by atoms with van der Waals surface area (Å²) in [4.78, 5) is 15.4. The van der Waals surface area contributed by atoms with Crippen LogP contribution >= 0.6 is 11.3 Å². The van der Waals surface area contributed by atoms with Gasteiger partial charge in [0.15, 0.2) is 5.78 Å². The Morgan fingerprint density at radius 1 is 1.35 bits per heavy atom. The van der Waals surface area contributed by atoms with Gasteiger partial charge in [-0.05, 0) is 44.1 Å². The molecule has 1 aliphatic carbocycles. The maximum atomic E-state index is 12.2. The molecule has 0 radical (unpaired) electrons. The molecule has 2 heterocycles. The van der Waals surface area contributed by atoms with Gasteiger partial charge in [-0.3, -0.25) is 4.79 Å². The SMILES string of the molecule is CCC1CCCN(c2cc(N)c(C(=O)C3CC3)s2)CC1. The lowest BCUT2D eigenvalue weighted by Crippen LogP contribution is -2.23. The molecule has 20 heavy (non-hydrogen) atoms. The molecule has 110 valence electrons. The molecule has 2 N–H and O–H groups in total. The zero-order chi connectivity index (χ0) is 14.1. The van der Waals surface area contributed by atoms with Crippen LogP contribution in [0.2, 0.25) is 0 Å². The van der Waals surface area contributed by atoms with Crippen molar-refractivity contribution >= 4 is 27.8 Å². The predicted octanol–water partition coefficient (Wildman–Crippen LogP) is 3.94. The smallest absolute Gasteiger partial charge is 0.178 e. The Balaban J connectivity index is 1.73. The van der Waals surface area contributed by atoms with Crippen LogP contribution in [0.4, 0.5) is 10.7 Å². The zero-order valence-corrected chi connectivity index (χ0v) is 13.0. The Morgan fingerprint density at radius 3 is 2.85 bits per heavy atom. The third-order valence-corrected chi connectivity index (χ3v) is 5.88. The van der Waals surface area contributed by atoms with Gasteiger partial charge in [-0.2, -0.15) is 0 Å². The maximum absolute atomic E-state index is 12.2. The van der Waals surface area contributed by atoms with E-state index in [0.717, 1.165) is 36.7 Å². The molecule has 0 spiro atoms. The van der Waals surface area contributed by atoms with Gasteiger partial charge in [-0.15, -0.1) is 11.3 Å². The molecule has 0 amide bonds. The average Bonchev–Trinajstić information content (AvgIpc) is 3.24. The molecule has 3 nitrogen and oxygen atoms in total. The number of nitrogens with two attached hydrogens (primary N) is 1. The number of carbonyl (C=O) groups excluding carboxylic acids is 1. The Morgan fingerprint density at radius 2 is 2.15 bits per heavy atom. The summed E-state index contributed by atoms with van der Waals surface area (Å²) in [5.41, 5.74) is 6.76. The van der Waals surface area contributed by atoms with E-state index in [1.165, 1.54) is 30.7 Å². The minimum atomic E-state index is 0.261. The number of rotatable bonds is 4. The number of carbonyl (C=O) groups is 1. The second-order valence-electron chi connectivity index (χ2n) is 6.20. The van der Waals surface area contributed by atoms with Gasteiger partial charge in [0.05, 0.1) is 15.6 Å². The highest BCUT2D eigenvalue weighted by Gasteiger charge is 2.33. The Bertz CT molecular complexity index is 493. The summed E-state index contributed by atoms with van der Waals surface area (Å²) in [6, 6.07) is 2.02. The Kier molecular flexibility index (Phi) is 4.01. The van der Waals surface area contributed by atoms with Gasteiger partial charge in [-0.1, -0.05) is 13.3 Å². The van der Waals surface area contributed by atoms with E-state index in [1.54, 1.807) is 11.3 Å². The molecule has 1 aromatic heterocycles. The molecule has 3 rings (SSSR count). The van der Waals surface area contributed by atoms with Gasteiger partial charge < -0.3 is 10.6 Å². The van der Waals surface area contributed by atoms with Crippen molar-refractivity contribution in [2.24, 2.45) is 11.8 Å². The van der Waals surface area contributed by atoms with Gasteiger partial charge in [0, 0.05) is 19.0 Å². The van der Waals surface area contributed by atoms with Crippen LogP contribution in [0, 0.1) is 11.8 Å². The fraction of sp³-hybridized carbons (Fsp3) is 0.688. The van der Waals surface area contributed by atoms with Crippen LogP contribution in [0.15, 0.2) is 6.07 Å². The fourth-order valence-corrected chi connectivity index (χ4v) is 4.22. The van der Waals surface area contributed by atoms with Gasteiger partial charge in [-0.25, -0.2) is 0 Å². The fourth-order valence-electron chi connectivity index (χ4n) is 3.06. The predicted molar refractivity (Wildman–Crippen MR) is 85.6 cm³/mol. The van der Waals surface area contributed by atoms with E-state index in [4.69, 9.17) is 5.73 Å². The second kappa shape index (κ2) is 5.76. The van der Waals surface area contributed by atoms with Crippen molar-refractivity contribution in [2.75, 3.05) is 23.7 Å². The highest BCUT2D eigenvalue weighted by Crippen LogP contribution is 2.40. The largest absolute Gasteiger partial charge is 0.397 e. The number of hydrogen-bond donors (Lipinski definition) is 1. The van der Waals surface area contributed by atoms with Crippen LogP contribution in [0.1, 0.15) is 55.1 Å². The van der Waals surface area contributed by atoms with Crippen LogP contribution in [-0.2, 0) is 0 Å². The van der Waals surface area contributed by atoms with Crippen LogP contribution in [-0.4, -0.2) is 18.9 Å². The standard InChI is InChI=1S/C16H24N2OS/c1-2-11-4-3-8-18(9-7-11)14-10-13(17)16(20-14)15(19)12-5-6-12/h10-12H,2-9,17H2,1H3. The molecule has 0 aromatic carbocycles. The van der Waals surface area contributed by atoms with Crippen molar-refractivity contribution in [1.29, 1.82) is 0 Å². The van der Waals surface area contributed by atoms with Crippen LogP contribution < -0.4 is 10.6 Å². The summed E-state index contributed by atoms with van der Waals surface area (Å²) in [6.45, 7) is 4.50. The van der Waals surface area contributed by atoms with Crippen LogP contribution in [0.3, 0.4) is 0 Å². The normalized spacial score (nSPS) is 23.6. The topological polar surface area (TPSA) is 46.3 Å². The number of nitrogens with zero attached hydrogens (tertiary/aromatic N) is 1. The molecule has 1 aromatic rings. The highest BCUT2D eigenvalue weighted by atomic mass is 32.1. The van der Waals surface area contributed by atoms with E-state index in [1.807, 2.05) is 6.07 Å². The molecule has 1 unspecified atom stereocenters. The van der Waals surface area contributed by atoms with Gasteiger partial charge >= 0.3 is 0 Å². The number of anilines is 2. The Labute approximate surface area is 125 Å². The minimum absolute atomic E-state index is 0.261. The van der Waals surface area contributed by atoms with Crippen LogP contribution in [0.25, 0.3) is 0 Å². The van der Waals surface area contributed by atoms with E-state index in [2.05, 4.69) is 11.8 Å². The first-order valence-electron chi connectivity index (χ1n) is 7.87. The molecule has 1 saturated carbocycles. The summed E-state index contributed by atoms with van der Waals surface area (Å²) >= 11 is 1.61. The van der Waals surface area contributed by atoms with Crippen molar-refractivity contribution in [3.05, 3.63) is 10.9 Å².